The van der Waals surface area contributed by atoms with Crippen molar-refractivity contribution < 1.29 is 17.3 Å². The summed E-state index contributed by atoms with van der Waals surface area (Å²) in [4.78, 5) is 5.12. The Labute approximate surface area is 183 Å². The van der Waals surface area contributed by atoms with Crippen LogP contribution in [0.15, 0.2) is 33.7 Å². The lowest BCUT2D eigenvalue weighted by Crippen LogP contribution is -2.48. The van der Waals surface area contributed by atoms with Gasteiger partial charge in [0.15, 0.2) is 5.76 Å². The predicted octanol–water partition coefficient (Wildman–Crippen LogP) is 2.65. The summed E-state index contributed by atoms with van der Waals surface area (Å²) in [5.41, 5.74) is 1.57. The fraction of sp³-hybridized carbons (Fsp3) is 0.591. The zero-order valence-electron chi connectivity index (χ0n) is 18.3. The van der Waals surface area contributed by atoms with Crippen LogP contribution >= 0.6 is 0 Å². The van der Waals surface area contributed by atoms with E-state index in [-0.39, 0.29) is 10.7 Å². The van der Waals surface area contributed by atoms with Crippen molar-refractivity contribution in [1.29, 1.82) is 0 Å². The summed E-state index contributed by atoms with van der Waals surface area (Å²) in [7, 11) is -3.54. The number of halogens is 1. The van der Waals surface area contributed by atoms with E-state index in [0.717, 1.165) is 57.7 Å². The zero-order valence-corrected chi connectivity index (χ0v) is 19.1. The van der Waals surface area contributed by atoms with E-state index in [1.54, 1.807) is 18.2 Å². The zero-order chi connectivity index (χ0) is 22.0. The van der Waals surface area contributed by atoms with E-state index in [2.05, 4.69) is 15.0 Å². The summed E-state index contributed by atoms with van der Waals surface area (Å²) in [6.07, 6.45) is 1.75. The molecule has 170 valence electrons. The average molecular weight is 451 g/mol. The van der Waals surface area contributed by atoms with Crippen LogP contribution in [0, 0.1) is 25.6 Å². The number of hydrogen-bond acceptors (Lipinski definition) is 6. The summed E-state index contributed by atoms with van der Waals surface area (Å²) in [6.45, 7) is 10.3. The number of benzene rings is 1. The van der Waals surface area contributed by atoms with Crippen LogP contribution in [0.4, 0.5) is 4.39 Å². The van der Waals surface area contributed by atoms with Gasteiger partial charge in [-0.15, -0.1) is 0 Å². The van der Waals surface area contributed by atoms with Gasteiger partial charge >= 0.3 is 0 Å². The van der Waals surface area contributed by atoms with Crippen LogP contribution in [-0.2, 0) is 16.6 Å². The van der Waals surface area contributed by atoms with Crippen molar-refractivity contribution in [2.75, 3.05) is 45.8 Å². The van der Waals surface area contributed by atoms with Crippen LogP contribution in [-0.4, -0.2) is 73.5 Å². The molecule has 0 atom stereocenters. The maximum Gasteiger partial charge on any atom is 0.248 e. The minimum Gasteiger partial charge on any atom is -0.360 e. The molecule has 0 radical (unpaired) electrons. The number of nitrogens with zero attached hydrogens (tertiary/aromatic N) is 4. The Morgan fingerprint density at radius 1 is 1.00 bits per heavy atom. The van der Waals surface area contributed by atoms with Gasteiger partial charge in [-0.1, -0.05) is 17.3 Å². The third-order valence-corrected chi connectivity index (χ3v) is 8.58. The van der Waals surface area contributed by atoms with E-state index in [1.807, 2.05) is 12.1 Å². The van der Waals surface area contributed by atoms with Crippen molar-refractivity contribution in [3.63, 3.8) is 0 Å². The third-order valence-electron chi connectivity index (χ3n) is 6.44. The molecule has 7 nitrogen and oxygen atoms in total. The summed E-state index contributed by atoms with van der Waals surface area (Å²) in [5, 5.41) is 3.80. The normalized spacial score (nSPS) is 20.4. The number of piperazine rings is 1. The maximum absolute atomic E-state index is 13.1. The SMILES string of the molecule is Cc1noc(C)c1S(=O)(=O)N1CCC(CN2CCN(Cc3ccc(F)cc3)CC2)CC1. The van der Waals surface area contributed by atoms with Gasteiger partial charge in [0.1, 0.15) is 16.4 Å². The van der Waals surface area contributed by atoms with Gasteiger partial charge in [-0.3, -0.25) is 4.90 Å². The van der Waals surface area contributed by atoms with Crippen molar-refractivity contribution in [3.8, 4) is 0 Å². The summed E-state index contributed by atoms with van der Waals surface area (Å²) < 4.78 is 45.7. The Morgan fingerprint density at radius 3 is 2.19 bits per heavy atom. The van der Waals surface area contributed by atoms with Gasteiger partial charge in [-0.05, 0) is 50.3 Å². The molecule has 2 saturated heterocycles. The minimum atomic E-state index is -3.54. The lowest BCUT2D eigenvalue weighted by molar-refractivity contribution is 0.102. The van der Waals surface area contributed by atoms with Crippen molar-refractivity contribution in [1.82, 2.24) is 19.3 Å². The molecule has 2 aliphatic heterocycles. The average Bonchev–Trinajstić information content (AvgIpc) is 3.10. The number of piperidine rings is 1. The molecule has 0 bridgehead atoms. The molecule has 3 heterocycles. The number of rotatable bonds is 6. The van der Waals surface area contributed by atoms with E-state index in [1.165, 1.54) is 12.1 Å². The molecular formula is C22H31FN4O3S. The second kappa shape index (κ2) is 9.36. The second-order valence-corrected chi connectivity index (χ2v) is 10.6. The smallest absolute Gasteiger partial charge is 0.248 e. The number of aryl methyl sites for hydroxylation is 2. The first-order valence-corrected chi connectivity index (χ1v) is 12.4. The van der Waals surface area contributed by atoms with E-state index in [9.17, 15) is 12.8 Å². The van der Waals surface area contributed by atoms with E-state index < -0.39 is 10.0 Å². The maximum atomic E-state index is 13.1. The molecule has 4 rings (SSSR count). The molecule has 2 aromatic rings. The van der Waals surface area contributed by atoms with Crippen LogP contribution in [0.2, 0.25) is 0 Å². The van der Waals surface area contributed by atoms with Crippen molar-refractivity contribution in [2.24, 2.45) is 5.92 Å². The molecule has 0 unspecified atom stereocenters. The Morgan fingerprint density at radius 2 is 1.61 bits per heavy atom. The molecule has 2 aliphatic rings. The molecule has 0 amide bonds. The topological polar surface area (TPSA) is 69.9 Å². The van der Waals surface area contributed by atoms with E-state index >= 15 is 0 Å². The largest absolute Gasteiger partial charge is 0.360 e. The van der Waals surface area contributed by atoms with Gasteiger partial charge in [-0.25, -0.2) is 12.8 Å². The molecule has 1 aromatic heterocycles. The van der Waals surface area contributed by atoms with Crippen LogP contribution in [0.1, 0.15) is 29.9 Å². The minimum absolute atomic E-state index is 0.195. The van der Waals surface area contributed by atoms with Crippen LogP contribution in [0.5, 0.6) is 0 Å². The molecule has 0 saturated carbocycles. The quantitative estimate of drug-likeness (QED) is 0.674. The Hall–Kier alpha value is -1.81. The molecule has 0 aliphatic carbocycles. The summed E-state index contributed by atoms with van der Waals surface area (Å²) >= 11 is 0. The van der Waals surface area contributed by atoms with Gasteiger partial charge in [0.25, 0.3) is 0 Å². The van der Waals surface area contributed by atoms with E-state index in [4.69, 9.17) is 4.52 Å². The molecule has 0 spiro atoms. The Balaban J connectivity index is 1.23. The van der Waals surface area contributed by atoms with Crippen LogP contribution in [0.25, 0.3) is 0 Å². The fourth-order valence-electron chi connectivity index (χ4n) is 4.65. The molecule has 31 heavy (non-hydrogen) atoms. The number of aromatic nitrogens is 1. The number of sulfonamides is 1. The van der Waals surface area contributed by atoms with Gasteiger partial charge in [-0.2, -0.15) is 4.31 Å². The lowest BCUT2D eigenvalue weighted by atomic mass is 9.97. The van der Waals surface area contributed by atoms with Gasteiger partial charge in [0, 0.05) is 52.4 Å². The Bertz CT molecular complexity index is 957. The standard InChI is InChI=1S/C22H31FN4O3S/c1-17-22(18(2)30-24-17)31(28,29)27-9-7-20(8-10-27)16-26-13-11-25(12-14-26)15-19-3-5-21(23)6-4-19/h3-6,20H,7-16H2,1-2H3. The van der Waals surface area contributed by atoms with Crippen LogP contribution in [0.3, 0.4) is 0 Å². The van der Waals surface area contributed by atoms with Gasteiger partial charge in [0.2, 0.25) is 10.0 Å². The van der Waals surface area contributed by atoms with Gasteiger partial charge < -0.3 is 9.42 Å². The molecule has 9 heteroatoms. The Kier molecular flexibility index (Phi) is 6.76. The highest BCUT2D eigenvalue weighted by Crippen LogP contribution is 2.28. The molecule has 0 N–H and O–H groups in total. The highest BCUT2D eigenvalue weighted by atomic mass is 32.2. The first-order chi connectivity index (χ1) is 14.8. The molecule has 2 fully saturated rings. The van der Waals surface area contributed by atoms with Crippen molar-refractivity contribution in [2.45, 2.75) is 38.1 Å². The number of hydrogen-bond donors (Lipinski definition) is 0. The highest BCUT2D eigenvalue weighted by molar-refractivity contribution is 7.89. The highest BCUT2D eigenvalue weighted by Gasteiger charge is 2.34. The first-order valence-electron chi connectivity index (χ1n) is 10.9. The van der Waals surface area contributed by atoms with Gasteiger partial charge in [0.05, 0.1) is 0 Å². The van der Waals surface area contributed by atoms with E-state index in [0.29, 0.717) is 30.5 Å². The molecular weight excluding hydrogens is 419 g/mol. The monoisotopic (exact) mass is 450 g/mol. The predicted molar refractivity (Wildman–Crippen MR) is 116 cm³/mol. The van der Waals surface area contributed by atoms with Crippen molar-refractivity contribution in [3.05, 3.63) is 47.1 Å². The second-order valence-electron chi connectivity index (χ2n) is 8.70. The summed E-state index contributed by atoms with van der Waals surface area (Å²) in [6, 6.07) is 6.74. The lowest BCUT2D eigenvalue weighted by Gasteiger charge is -2.38. The fourth-order valence-corrected chi connectivity index (χ4v) is 6.41. The summed E-state index contributed by atoms with van der Waals surface area (Å²) in [5.74, 6) is 0.678. The molecule has 1 aromatic carbocycles. The third kappa shape index (κ3) is 5.16. The first kappa shape index (κ1) is 22.4. The van der Waals surface area contributed by atoms with Crippen molar-refractivity contribution >= 4 is 10.0 Å². The van der Waals surface area contributed by atoms with Crippen LogP contribution < -0.4 is 0 Å².